The fraction of sp³-hybridized carbons (Fsp3) is 0.318. The average molecular weight is 482 g/mol. The van der Waals surface area contributed by atoms with Crippen LogP contribution >= 0.6 is 0 Å². The van der Waals surface area contributed by atoms with E-state index in [4.69, 9.17) is 4.74 Å². The summed E-state index contributed by atoms with van der Waals surface area (Å²) in [5, 5.41) is 22.9. The molecule has 34 heavy (non-hydrogen) atoms. The van der Waals surface area contributed by atoms with Crippen LogP contribution in [0.1, 0.15) is 36.0 Å². The van der Waals surface area contributed by atoms with Gasteiger partial charge in [-0.05, 0) is 30.2 Å². The first-order chi connectivity index (χ1) is 15.9. The van der Waals surface area contributed by atoms with Crippen molar-refractivity contribution in [3.63, 3.8) is 0 Å². The molecule has 2 aromatic rings. The van der Waals surface area contributed by atoms with Crippen molar-refractivity contribution in [3.05, 3.63) is 75.3 Å². The summed E-state index contributed by atoms with van der Waals surface area (Å²) in [6.07, 6.45) is -5.39. The van der Waals surface area contributed by atoms with Gasteiger partial charge in [-0.1, -0.05) is 24.3 Å². The lowest BCUT2D eigenvalue weighted by Gasteiger charge is -2.25. The van der Waals surface area contributed by atoms with E-state index in [0.717, 1.165) is 36.4 Å². The first-order valence-electron chi connectivity index (χ1n) is 10.0. The SMILES string of the molecule is CCOC(=O)C[C@H](c1ccc([N+](=O)[O-])cc1)[C@H](NC(=O)Cc1ccc(C(F)(F)F)cc1)C(=O)O. The Morgan fingerprint density at radius 1 is 1.09 bits per heavy atom. The third kappa shape index (κ3) is 7.29. The van der Waals surface area contributed by atoms with Crippen LogP contribution in [0.3, 0.4) is 0 Å². The number of carboxylic acids is 1. The number of carbonyl (C=O) groups excluding carboxylic acids is 2. The molecule has 0 aliphatic heterocycles. The second kappa shape index (κ2) is 11.3. The molecule has 2 N–H and O–H groups in total. The van der Waals surface area contributed by atoms with Crippen LogP contribution in [0, 0.1) is 10.1 Å². The smallest absolute Gasteiger partial charge is 0.416 e. The molecule has 0 aliphatic carbocycles. The van der Waals surface area contributed by atoms with Crippen molar-refractivity contribution in [2.45, 2.75) is 37.9 Å². The van der Waals surface area contributed by atoms with Gasteiger partial charge >= 0.3 is 18.1 Å². The Labute approximate surface area is 191 Å². The van der Waals surface area contributed by atoms with Gasteiger partial charge in [0.15, 0.2) is 0 Å². The number of esters is 1. The number of ether oxygens (including phenoxy) is 1. The molecule has 1 amide bonds. The summed E-state index contributed by atoms with van der Waals surface area (Å²) in [4.78, 5) is 46.8. The number of benzene rings is 2. The Balaban J connectivity index is 2.26. The van der Waals surface area contributed by atoms with E-state index in [-0.39, 0.29) is 23.4 Å². The summed E-state index contributed by atoms with van der Waals surface area (Å²) < 4.78 is 43.0. The third-order valence-corrected chi connectivity index (χ3v) is 4.85. The zero-order chi connectivity index (χ0) is 25.5. The zero-order valence-corrected chi connectivity index (χ0v) is 17.9. The number of alkyl halides is 3. The summed E-state index contributed by atoms with van der Waals surface area (Å²) in [6.45, 7) is 1.59. The maximum absolute atomic E-state index is 12.7. The Morgan fingerprint density at radius 3 is 2.15 bits per heavy atom. The van der Waals surface area contributed by atoms with E-state index < -0.39 is 59.3 Å². The Bertz CT molecular complexity index is 1040. The highest BCUT2D eigenvalue weighted by Gasteiger charge is 2.34. The molecule has 0 spiro atoms. The molecule has 0 fully saturated rings. The quantitative estimate of drug-likeness (QED) is 0.301. The van der Waals surface area contributed by atoms with Gasteiger partial charge in [-0.3, -0.25) is 19.7 Å². The summed E-state index contributed by atoms with van der Waals surface area (Å²) in [6, 6.07) is 7.02. The van der Waals surface area contributed by atoms with E-state index in [0.29, 0.717) is 0 Å². The predicted octanol–water partition coefficient (Wildman–Crippen LogP) is 3.46. The molecule has 0 radical (unpaired) electrons. The number of amides is 1. The van der Waals surface area contributed by atoms with E-state index >= 15 is 0 Å². The number of hydrogen-bond donors (Lipinski definition) is 2. The summed E-state index contributed by atoms with van der Waals surface area (Å²) in [5.41, 5.74) is -0.697. The van der Waals surface area contributed by atoms with Gasteiger partial charge in [-0.15, -0.1) is 0 Å². The molecule has 2 aromatic carbocycles. The number of nitro groups is 1. The number of halogens is 3. The number of hydrogen-bond acceptors (Lipinski definition) is 6. The second-order valence-electron chi connectivity index (χ2n) is 7.22. The van der Waals surface area contributed by atoms with Gasteiger partial charge in [0.25, 0.3) is 5.69 Å². The predicted molar refractivity (Wildman–Crippen MR) is 112 cm³/mol. The van der Waals surface area contributed by atoms with Crippen LogP contribution in [-0.2, 0) is 31.7 Å². The number of nitrogens with zero attached hydrogens (tertiary/aromatic N) is 1. The molecule has 12 heteroatoms. The third-order valence-electron chi connectivity index (χ3n) is 4.85. The zero-order valence-electron chi connectivity index (χ0n) is 17.9. The molecule has 182 valence electrons. The summed E-state index contributed by atoms with van der Waals surface area (Å²) in [5.74, 6) is -4.15. The van der Waals surface area contributed by atoms with Crippen LogP contribution in [0.4, 0.5) is 18.9 Å². The lowest BCUT2D eigenvalue weighted by Crippen LogP contribution is -2.46. The molecule has 2 atom stereocenters. The van der Waals surface area contributed by atoms with Crippen LogP contribution in [-0.4, -0.2) is 40.5 Å². The van der Waals surface area contributed by atoms with Gasteiger partial charge in [0.2, 0.25) is 5.91 Å². The first kappa shape index (κ1) is 26.3. The Morgan fingerprint density at radius 2 is 1.68 bits per heavy atom. The fourth-order valence-electron chi connectivity index (χ4n) is 3.23. The maximum Gasteiger partial charge on any atom is 0.416 e. The normalized spacial score (nSPS) is 12.9. The van der Waals surface area contributed by atoms with Crippen molar-refractivity contribution >= 4 is 23.5 Å². The summed E-state index contributed by atoms with van der Waals surface area (Å²) >= 11 is 0. The summed E-state index contributed by atoms with van der Waals surface area (Å²) in [7, 11) is 0. The van der Waals surface area contributed by atoms with Crippen LogP contribution in [0.5, 0.6) is 0 Å². The van der Waals surface area contributed by atoms with Gasteiger partial charge in [0.05, 0.1) is 29.9 Å². The second-order valence-corrected chi connectivity index (χ2v) is 7.22. The minimum Gasteiger partial charge on any atom is -0.480 e. The highest BCUT2D eigenvalue weighted by Crippen LogP contribution is 2.29. The lowest BCUT2D eigenvalue weighted by atomic mass is 9.88. The van der Waals surface area contributed by atoms with Crippen molar-refractivity contribution < 1.29 is 42.3 Å². The van der Waals surface area contributed by atoms with Crippen LogP contribution in [0.25, 0.3) is 0 Å². The average Bonchev–Trinajstić information content (AvgIpc) is 2.76. The van der Waals surface area contributed by atoms with Crippen molar-refractivity contribution in [2.75, 3.05) is 6.61 Å². The Hall–Kier alpha value is -3.96. The van der Waals surface area contributed by atoms with E-state index in [9.17, 15) is 42.8 Å². The van der Waals surface area contributed by atoms with Gasteiger partial charge < -0.3 is 15.2 Å². The highest BCUT2D eigenvalue weighted by molar-refractivity contribution is 5.86. The molecule has 0 unspecified atom stereocenters. The molecular formula is C22H21F3N2O7. The molecule has 2 rings (SSSR count). The van der Waals surface area contributed by atoms with E-state index in [1.54, 1.807) is 6.92 Å². The van der Waals surface area contributed by atoms with Gasteiger partial charge in [0.1, 0.15) is 6.04 Å². The number of rotatable bonds is 10. The monoisotopic (exact) mass is 482 g/mol. The molecule has 0 aliphatic rings. The topological polar surface area (TPSA) is 136 Å². The van der Waals surface area contributed by atoms with Gasteiger partial charge in [-0.2, -0.15) is 13.2 Å². The van der Waals surface area contributed by atoms with Crippen molar-refractivity contribution in [2.24, 2.45) is 0 Å². The van der Waals surface area contributed by atoms with Crippen LogP contribution in [0.2, 0.25) is 0 Å². The molecular weight excluding hydrogens is 461 g/mol. The molecule has 0 saturated carbocycles. The van der Waals surface area contributed by atoms with E-state index in [2.05, 4.69) is 5.32 Å². The molecule has 0 aromatic heterocycles. The largest absolute Gasteiger partial charge is 0.480 e. The number of carbonyl (C=O) groups is 3. The Kier molecular flexibility index (Phi) is 8.70. The van der Waals surface area contributed by atoms with Crippen molar-refractivity contribution in [1.29, 1.82) is 0 Å². The molecule has 0 bridgehead atoms. The van der Waals surface area contributed by atoms with Crippen LogP contribution < -0.4 is 5.32 Å². The van der Waals surface area contributed by atoms with Crippen LogP contribution in [0.15, 0.2) is 48.5 Å². The minimum atomic E-state index is -4.54. The molecule has 9 nitrogen and oxygen atoms in total. The molecule has 0 heterocycles. The van der Waals surface area contributed by atoms with Crippen molar-refractivity contribution in [1.82, 2.24) is 5.32 Å². The number of nitrogens with one attached hydrogen (secondary N) is 1. The lowest BCUT2D eigenvalue weighted by molar-refractivity contribution is -0.384. The first-order valence-corrected chi connectivity index (χ1v) is 10.0. The number of nitro benzene ring substituents is 1. The van der Waals surface area contributed by atoms with Gasteiger partial charge in [-0.25, -0.2) is 4.79 Å². The van der Waals surface area contributed by atoms with E-state index in [1.165, 1.54) is 12.1 Å². The molecule has 0 saturated heterocycles. The number of non-ortho nitro benzene ring substituents is 1. The number of aliphatic carboxylic acids is 1. The van der Waals surface area contributed by atoms with Crippen molar-refractivity contribution in [3.8, 4) is 0 Å². The number of carboxylic acid groups (broad SMARTS) is 1. The standard InChI is InChI=1S/C22H21F3N2O7/c1-2-34-19(29)12-17(14-5-9-16(10-6-14)27(32)33)20(21(30)31)26-18(28)11-13-3-7-15(8-4-13)22(23,24)25/h3-10,17,20H,2,11-12H2,1H3,(H,26,28)(H,30,31)/t17-,20+/m1/s1. The maximum atomic E-state index is 12.7. The minimum absolute atomic E-state index is 0.0316. The van der Waals surface area contributed by atoms with Gasteiger partial charge in [0, 0.05) is 18.1 Å². The highest BCUT2D eigenvalue weighted by atomic mass is 19.4. The fourth-order valence-corrected chi connectivity index (χ4v) is 3.23. The van der Waals surface area contributed by atoms with E-state index in [1.807, 2.05) is 0 Å².